The van der Waals surface area contributed by atoms with Gasteiger partial charge in [0.25, 0.3) is 5.56 Å². The number of hydrogen-bond acceptors (Lipinski definition) is 3. The minimum absolute atomic E-state index is 0.00118. The summed E-state index contributed by atoms with van der Waals surface area (Å²) in [6.45, 7) is 1.73. The summed E-state index contributed by atoms with van der Waals surface area (Å²) in [6.07, 6.45) is 0. The van der Waals surface area contributed by atoms with Crippen molar-refractivity contribution in [1.82, 2.24) is 4.98 Å². The lowest BCUT2D eigenvalue weighted by atomic mass is 10.0. The summed E-state index contributed by atoms with van der Waals surface area (Å²) in [4.78, 5) is 14.4. The third-order valence-electron chi connectivity index (χ3n) is 2.69. The van der Waals surface area contributed by atoms with Gasteiger partial charge in [-0.3, -0.25) is 4.79 Å². The van der Waals surface area contributed by atoms with Crippen molar-refractivity contribution in [3.05, 3.63) is 47.2 Å². The van der Waals surface area contributed by atoms with Gasteiger partial charge in [-0.05, 0) is 50.9 Å². The Labute approximate surface area is 139 Å². The highest BCUT2D eigenvalue weighted by Gasteiger charge is 2.19. The lowest BCUT2D eigenvalue weighted by Crippen LogP contribution is -2.13. The Morgan fingerprint density at radius 2 is 1.90 bits per heavy atom. The predicted molar refractivity (Wildman–Crippen MR) is 86.7 cm³/mol. The molecule has 2 rings (SSSR count). The molecule has 0 saturated carbocycles. The Balaban J connectivity index is 2.93. The van der Waals surface area contributed by atoms with Crippen molar-refractivity contribution in [2.24, 2.45) is 0 Å². The molecule has 0 fully saturated rings. The first kappa shape index (κ1) is 15.3. The molecule has 102 valence electrons. The highest BCUT2D eigenvalue weighted by atomic mass is 79.9. The number of nitrogens with one attached hydrogen (secondary N) is 1. The summed E-state index contributed by atoms with van der Waals surface area (Å²) in [5, 5.41) is 19.2. The van der Waals surface area contributed by atoms with Crippen molar-refractivity contribution in [2.45, 2.75) is 6.92 Å². The van der Waals surface area contributed by atoms with E-state index in [0.717, 1.165) is 0 Å². The van der Waals surface area contributed by atoms with Crippen LogP contribution in [0.15, 0.2) is 30.3 Å². The van der Waals surface area contributed by atoms with E-state index < -0.39 is 5.56 Å². The maximum absolute atomic E-state index is 11.9. The molecule has 0 atom stereocenters. The van der Waals surface area contributed by atoms with Crippen molar-refractivity contribution >= 4 is 47.8 Å². The topological polar surface area (TPSA) is 76.9 Å². The van der Waals surface area contributed by atoms with Crippen LogP contribution in [0.1, 0.15) is 11.3 Å². The zero-order valence-electron chi connectivity index (χ0n) is 10.1. The van der Waals surface area contributed by atoms with Crippen LogP contribution < -0.4 is 5.56 Å². The van der Waals surface area contributed by atoms with E-state index in [0.29, 0.717) is 30.2 Å². The highest BCUT2D eigenvalue weighted by molar-refractivity contribution is 9.11. The third-order valence-corrected chi connectivity index (χ3v) is 4.70. The molecule has 0 aliphatic rings. The van der Waals surface area contributed by atoms with Gasteiger partial charge in [-0.25, -0.2) is 0 Å². The number of H-pyrrole nitrogens is 1. The molecule has 1 heterocycles. The number of halogens is 3. The van der Waals surface area contributed by atoms with Gasteiger partial charge in [0.15, 0.2) is 0 Å². The van der Waals surface area contributed by atoms with Crippen LogP contribution in [-0.4, -0.2) is 10.1 Å². The zero-order chi connectivity index (χ0) is 15.0. The number of pyridine rings is 1. The van der Waals surface area contributed by atoms with Crippen molar-refractivity contribution in [2.75, 3.05) is 0 Å². The van der Waals surface area contributed by atoms with Gasteiger partial charge in [0.1, 0.15) is 17.4 Å². The molecule has 0 amide bonds. The molecule has 0 radical (unpaired) electrons. The molecule has 4 nitrogen and oxygen atoms in total. The molecule has 0 spiro atoms. The molecule has 0 unspecified atom stereocenters. The van der Waals surface area contributed by atoms with Crippen LogP contribution >= 0.6 is 47.8 Å². The molecule has 1 aromatic heterocycles. The fourth-order valence-electron chi connectivity index (χ4n) is 1.82. The molecule has 1 aromatic carbocycles. The van der Waals surface area contributed by atoms with Crippen molar-refractivity contribution in [1.29, 1.82) is 5.26 Å². The Kier molecular flexibility index (Phi) is 4.37. The lowest BCUT2D eigenvalue weighted by molar-refractivity contribution is 0.468. The molecule has 20 heavy (non-hydrogen) atoms. The molecular formula is C13H7Br3N2O2. The van der Waals surface area contributed by atoms with Crippen LogP contribution in [0.2, 0.25) is 0 Å². The van der Waals surface area contributed by atoms with Gasteiger partial charge in [-0.2, -0.15) is 5.26 Å². The fourth-order valence-corrected chi connectivity index (χ4v) is 4.37. The minimum atomic E-state index is -0.455. The second-order valence-electron chi connectivity index (χ2n) is 4.06. The number of aromatic amines is 1. The van der Waals surface area contributed by atoms with Crippen LogP contribution in [0.3, 0.4) is 0 Å². The Morgan fingerprint density at radius 1 is 1.25 bits per heavy atom. The van der Waals surface area contributed by atoms with Gasteiger partial charge in [0.05, 0.1) is 8.95 Å². The smallest absolute Gasteiger partial charge is 0.266 e. The lowest BCUT2D eigenvalue weighted by Gasteiger charge is -2.12. The number of benzene rings is 1. The second kappa shape index (κ2) is 5.72. The van der Waals surface area contributed by atoms with Crippen molar-refractivity contribution in [3.63, 3.8) is 0 Å². The Morgan fingerprint density at radius 3 is 2.50 bits per heavy atom. The normalized spacial score (nSPS) is 10.3. The highest BCUT2D eigenvalue weighted by Crippen LogP contribution is 2.45. The van der Waals surface area contributed by atoms with Gasteiger partial charge in [-0.15, -0.1) is 0 Å². The van der Waals surface area contributed by atoms with Crippen LogP contribution in [0, 0.1) is 18.3 Å². The average molecular weight is 463 g/mol. The van der Waals surface area contributed by atoms with E-state index in [1.807, 2.05) is 6.07 Å². The number of phenols is 1. The molecule has 0 aliphatic carbocycles. The van der Waals surface area contributed by atoms with E-state index in [2.05, 4.69) is 52.8 Å². The van der Waals surface area contributed by atoms with Crippen LogP contribution in [0.25, 0.3) is 11.1 Å². The van der Waals surface area contributed by atoms with Crippen molar-refractivity contribution < 1.29 is 5.11 Å². The summed E-state index contributed by atoms with van der Waals surface area (Å²) in [5.74, 6) is 0.00465. The van der Waals surface area contributed by atoms with E-state index in [-0.39, 0.29) is 11.3 Å². The minimum Gasteiger partial charge on any atom is -0.506 e. The quantitative estimate of drug-likeness (QED) is 0.666. The largest absolute Gasteiger partial charge is 0.506 e. The molecule has 0 aliphatic heterocycles. The molecule has 0 bridgehead atoms. The van der Waals surface area contributed by atoms with E-state index >= 15 is 0 Å². The van der Waals surface area contributed by atoms with Gasteiger partial charge < -0.3 is 10.1 Å². The fraction of sp³-hybridized carbons (Fsp3) is 0.0769. The number of hydrogen-bond donors (Lipinski definition) is 2. The molecule has 2 aromatic rings. The van der Waals surface area contributed by atoms with Gasteiger partial charge in [0, 0.05) is 21.3 Å². The molecule has 7 heteroatoms. The Hall–Kier alpha value is -1.10. The summed E-state index contributed by atoms with van der Waals surface area (Å²) < 4.78 is 1.55. The predicted octanol–water partition coefficient (Wildman–Crippen LogP) is 4.22. The van der Waals surface area contributed by atoms with Crippen LogP contribution in [-0.2, 0) is 0 Å². The SMILES string of the molecule is Cc1cc(-c2c(Br)cc(Br)c(O)c2Br)c(C#N)c(=O)[nH]1. The number of aryl methyl sites for hydroxylation is 1. The zero-order valence-corrected chi connectivity index (χ0v) is 14.8. The summed E-state index contributed by atoms with van der Waals surface area (Å²) >= 11 is 9.91. The number of aromatic hydroxyl groups is 1. The monoisotopic (exact) mass is 460 g/mol. The maximum Gasteiger partial charge on any atom is 0.266 e. The number of rotatable bonds is 1. The van der Waals surface area contributed by atoms with E-state index in [1.165, 1.54) is 0 Å². The average Bonchev–Trinajstić information content (AvgIpc) is 2.35. The Bertz CT molecular complexity index is 807. The number of aromatic nitrogens is 1. The van der Waals surface area contributed by atoms with E-state index in [1.54, 1.807) is 19.1 Å². The summed E-state index contributed by atoms with van der Waals surface area (Å²) in [7, 11) is 0. The van der Waals surface area contributed by atoms with Crippen molar-refractivity contribution in [3.8, 4) is 22.9 Å². The standard InChI is InChI=1S/C13H7Br3N2O2/c1-5-2-6(7(4-17)13(20)18-5)10-8(14)3-9(15)12(19)11(10)16/h2-3,19H,1H3,(H,18,20). The summed E-state index contributed by atoms with van der Waals surface area (Å²) in [5.41, 5.74) is 1.18. The molecule has 0 saturated heterocycles. The van der Waals surface area contributed by atoms with Gasteiger partial charge in [-0.1, -0.05) is 15.9 Å². The van der Waals surface area contributed by atoms with Crippen LogP contribution in [0.4, 0.5) is 0 Å². The number of nitrogens with zero attached hydrogens (tertiary/aromatic N) is 1. The van der Waals surface area contributed by atoms with E-state index in [4.69, 9.17) is 0 Å². The van der Waals surface area contributed by atoms with Gasteiger partial charge >= 0.3 is 0 Å². The first-order valence-corrected chi connectivity index (χ1v) is 7.75. The third kappa shape index (κ3) is 2.55. The van der Waals surface area contributed by atoms with Crippen LogP contribution in [0.5, 0.6) is 5.75 Å². The number of nitriles is 1. The van der Waals surface area contributed by atoms with Gasteiger partial charge in [0.2, 0.25) is 0 Å². The first-order chi connectivity index (χ1) is 9.36. The van der Waals surface area contributed by atoms with E-state index in [9.17, 15) is 15.2 Å². The second-order valence-corrected chi connectivity index (χ2v) is 6.56. The molecule has 2 N–H and O–H groups in total. The number of phenolic OH excluding ortho intramolecular Hbond substituents is 1. The summed E-state index contributed by atoms with van der Waals surface area (Å²) in [6, 6.07) is 5.25. The maximum atomic E-state index is 11.9. The molecular weight excluding hydrogens is 456 g/mol. The first-order valence-electron chi connectivity index (χ1n) is 5.37.